The SMILES string of the molecule is CCCCCCCCOC(=O)C(CC(=O)[O-])Sc1nc2ccccc2[nH]1.CCCC[NH+](CCCC)CCCC. The van der Waals surface area contributed by atoms with Crippen molar-refractivity contribution in [1.29, 1.82) is 0 Å². The average Bonchev–Trinajstić information content (AvgIpc) is 3.34. The zero-order chi connectivity index (χ0) is 28.7. The number of carboxylic acid groups (broad SMARTS) is 1. The van der Waals surface area contributed by atoms with Gasteiger partial charge in [0.1, 0.15) is 5.25 Å². The molecule has 1 aromatic carbocycles. The summed E-state index contributed by atoms with van der Waals surface area (Å²) in [5.41, 5.74) is 1.60. The number of thioether (sulfide) groups is 1. The van der Waals surface area contributed by atoms with Gasteiger partial charge in [-0.1, -0.05) is 103 Å². The standard InChI is InChI=1S/C19H26N2O4S.C12H27N/c1-2-3-4-5-6-9-12-25-18(24)16(13-17(22)23)26-19-20-14-10-7-8-11-15(14)21-19;1-4-7-10-13(11-8-5-2)12-9-6-3/h7-8,10-11,16H,2-6,9,12-13H2,1H3,(H,20,21)(H,22,23);4-12H2,1-3H3. The van der Waals surface area contributed by atoms with Gasteiger partial charge in [-0.25, -0.2) is 4.98 Å². The zero-order valence-electron chi connectivity index (χ0n) is 24.9. The van der Waals surface area contributed by atoms with Crippen LogP contribution in [0, 0.1) is 0 Å². The van der Waals surface area contributed by atoms with Crippen molar-refractivity contribution in [3.8, 4) is 0 Å². The van der Waals surface area contributed by atoms with E-state index in [0.29, 0.717) is 11.8 Å². The highest BCUT2D eigenvalue weighted by atomic mass is 32.2. The highest BCUT2D eigenvalue weighted by Gasteiger charge is 2.23. The Morgan fingerprint density at radius 2 is 1.44 bits per heavy atom. The van der Waals surface area contributed by atoms with Crippen molar-refractivity contribution in [1.82, 2.24) is 9.97 Å². The van der Waals surface area contributed by atoms with Crippen molar-refractivity contribution >= 4 is 34.7 Å². The summed E-state index contributed by atoms with van der Waals surface area (Å²) in [5, 5.41) is 10.6. The lowest BCUT2D eigenvalue weighted by molar-refractivity contribution is -0.900. The Morgan fingerprint density at radius 3 is 2.00 bits per heavy atom. The first kappa shape index (κ1) is 35.0. The van der Waals surface area contributed by atoms with Crippen molar-refractivity contribution in [2.24, 2.45) is 0 Å². The first-order valence-corrected chi connectivity index (χ1v) is 16.1. The molecule has 39 heavy (non-hydrogen) atoms. The molecule has 0 fully saturated rings. The Morgan fingerprint density at radius 1 is 0.872 bits per heavy atom. The van der Waals surface area contributed by atoms with Crippen LogP contribution in [0.3, 0.4) is 0 Å². The van der Waals surface area contributed by atoms with E-state index in [2.05, 4.69) is 37.7 Å². The van der Waals surface area contributed by atoms with Crippen molar-refractivity contribution in [2.45, 2.75) is 122 Å². The van der Waals surface area contributed by atoms with Crippen LogP contribution in [0.15, 0.2) is 29.4 Å². The number of para-hydroxylation sites is 2. The van der Waals surface area contributed by atoms with Crippen molar-refractivity contribution < 1.29 is 24.3 Å². The van der Waals surface area contributed by atoms with Gasteiger partial charge in [-0.15, -0.1) is 0 Å². The van der Waals surface area contributed by atoms with Gasteiger partial charge in [0.05, 0.1) is 37.3 Å². The number of hydrogen-bond donors (Lipinski definition) is 2. The maximum atomic E-state index is 12.3. The van der Waals surface area contributed by atoms with Gasteiger partial charge >= 0.3 is 5.97 Å². The third-order valence-electron chi connectivity index (χ3n) is 6.63. The molecular weight excluding hydrogens is 510 g/mol. The minimum absolute atomic E-state index is 0.315. The number of unbranched alkanes of at least 4 members (excludes halogenated alkanes) is 8. The summed E-state index contributed by atoms with van der Waals surface area (Å²) in [5.74, 6) is -1.82. The van der Waals surface area contributed by atoms with E-state index in [9.17, 15) is 14.7 Å². The molecule has 0 aliphatic rings. The van der Waals surface area contributed by atoms with E-state index in [-0.39, 0.29) is 0 Å². The number of nitrogens with zero attached hydrogens (tertiary/aromatic N) is 1. The second-order valence-electron chi connectivity index (χ2n) is 10.2. The maximum Gasteiger partial charge on any atom is 0.319 e. The van der Waals surface area contributed by atoms with Crippen molar-refractivity contribution in [3.05, 3.63) is 24.3 Å². The van der Waals surface area contributed by atoms with Crippen LogP contribution in [0.25, 0.3) is 11.0 Å². The second kappa shape index (κ2) is 22.7. The molecule has 222 valence electrons. The predicted molar refractivity (Wildman–Crippen MR) is 160 cm³/mol. The van der Waals surface area contributed by atoms with Crippen LogP contribution in [-0.2, 0) is 14.3 Å². The Hall–Kier alpha value is -2.06. The smallest absolute Gasteiger partial charge is 0.319 e. The van der Waals surface area contributed by atoms with Gasteiger partial charge in [0.25, 0.3) is 0 Å². The Labute approximate surface area is 240 Å². The molecule has 0 saturated heterocycles. The molecule has 1 aromatic heterocycles. The number of aliphatic carboxylic acids is 1. The number of benzene rings is 1. The van der Waals surface area contributed by atoms with E-state index in [4.69, 9.17) is 4.74 Å². The third kappa shape index (κ3) is 16.6. The lowest BCUT2D eigenvalue weighted by Crippen LogP contribution is -3.12. The van der Waals surface area contributed by atoms with Gasteiger partial charge in [-0.05, 0) is 37.8 Å². The van der Waals surface area contributed by atoms with Crippen LogP contribution in [0.2, 0.25) is 0 Å². The van der Waals surface area contributed by atoms with Gasteiger partial charge in [0.2, 0.25) is 0 Å². The Bertz CT molecular complexity index is 853. The molecule has 0 aliphatic carbocycles. The van der Waals surface area contributed by atoms with Crippen molar-refractivity contribution in [3.63, 3.8) is 0 Å². The van der Waals surface area contributed by atoms with Crippen LogP contribution in [-0.4, -0.2) is 53.4 Å². The van der Waals surface area contributed by atoms with Crippen LogP contribution >= 0.6 is 11.8 Å². The highest BCUT2D eigenvalue weighted by Crippen LogP contribution is 2.26. The summed E-state index contributed by atoms with van der Waals surface area (Å²) in [7, 11) is 0. The monoisotopic (exact) mass is 563 g/mol. The summed E-state index contributed by atoms with van der Waals surface area (Å²) >= 11 is 1.06. The normalized spacial score (nSPS) is 11.8. The molecule has 0 radical (unpaired) electrons. The number of carbonyl (C=O) groups is 2. The number of fused-ring (bicyclic) bond motifs is 1. The molecule has 2 N–H and O–H groups in total. The van der Waals surface area contributed by atoms with Gasteiger partial charge in [-0.2, -0.15) is 0 Å². The molecule has 1 unspecified atom stereocenters. The van der Waals surface area contributed by atoms with Gasteiger partial charge in [-0.3, -0.25) is 4.79 Å². The fraction of sp³-hybridized carbons (Fsp3) is 0.710. The largest absolute Gasteiger partial charge is 0.550 e. The first-order chi connectivity index (χ1) is 18.9. The molecule has 0 amide bonds. The number of rotatable bonds is 21. The maximum absolute atomic E-state index is 12.3. The van der Waals surface area contributed by atoms with Crippen LogP contribution < -0.4 is 10.0 Å². The molecule has 8 heteroatoms. The second-order valence-corrected chi connectivity index (χ2v) is 11.4. The molecular formula is C31H53N3O4S. The minimum Gasteiger partial charge on any atom is -0.550 e. The number of carboxylic acids is 1. The number of imidazole rings is 1. The fourth-order valence-corrected chi connectivity index (χ4v) is 5.22. The molecule has 1 heterocycles. The predicted octanol–water partition coefficient (Wildman–Crippen LogP) is 5.34. The molecule has 0 spiro atoms. The lowest BCUT2D eigenvalue weighted by Gasteiger charge is -2.18. The summed E-state index contributed by atoms with van der Waals surface area (Å²) in [6, 6.07) is 7.46. The van der Waals surface area contributed by atoms with Crippen LogP contribution in [0.5, 0.6) is 0 Å². The van der Waals surface area contributed by atoms with Gasteiger partial charge < -0.3 is 24.5 Å². The molecule has 0 aliphatic heterocycles. The number of aromatic nitrogens is 2. The highest BCUT2D eigenvalue weighted by molar-refractivity contribution is 8.00. The van der Waals surface area contributed by atoms with Crippen LogP contribution in [0.4, 0.5) is 0 Å². The minimum atomic E-state index is -1.28. The number of esters is 1. The molecule has 2 rings (SSSR count). The zero-order valence-corrected chi connectivity index (χ0v) is 25.7. The average molecular weight is 564 g/mol. The number of carbonyl (C=O) groups excluding carboxylic acids is 2. The van der Waals surface area contributed by atoms with E-state index < -0.39 is 23.6 Å². The number of aromatic amines is 1. The molecule has 2 aromatic rings. The van der Waals surface area contributed by atoms with E-state index in [0.717, 1.165) is 42.1 Å². The summed E-state index contributed by atoms with van der Waals surface area (Å²) in [4.78, 5) is 32.5. The fourth-order valence-electron chi connectivity index (χ4n) is 4.25. The van der Waals surface area contributed by atoms with E-state index in [1.807, 2.05) is 29.2 Å². The number of quaternary nitrogens is 1. The van der Waals surface area contributed by atoms with Gasteiger partial charge in [0.15, 0.2) is 5.16 Å². The topological polar surface area (TPSA) is 99.6 Å². The number of H-pyrrole nitrogens is 1. The molecule has 0 bridgehead atoms. The summed E-state index contributed by atoms with van der Waals surface area (Å²) in [6.45, 7) is 13.5. The van der Waals surface area contributed by atoms with E-state index in [1.54, 1.807) is 0 Å². The number of hydrogen-bond acceptors (Lipinski definition) is 6. The Kier molecular flexibility index (Phi) is 20.4. The van der Waals surface area contributed by atoms with E-state index >= 15 is 0 Å². The third-order valence-corrected chi connectivity index (χ3v) is 7.69. The lowest BCUT2D eigenvalue weighted by atomic mass is 10.1. The quantitative estimate of drug-likeness (QED) is 0.121. The van der Waals surface area contributed by atoms with Gasteiger partial charge in [0, 0.05) is 12.4 Å². The molecule has 1 atom stereocenters. The van der Waals surface area contributed by atoms with Crippen LogP contribution in [0.1, 0.15) is 111 Å². The Balaban J connectivity index is 0.000000495. The molecule has 7 nitrogen and oxygen atoms in total. The number of nitrogens with one attached hydrogen (secondary N) is 2. The summed E-state index contributed by atoms with van der Waals surface area (Å²) in [6.07, 6.45) is 14.4. The first-order valence-electron chi connectivity index (χ1n) is 15.3. The van der Waals surface area contributed by atoms with Crippen molar-refractivity contribution in [2.75, 3.05) is 26.2 Å². The number of ether oxygens (including phenoxy) is 1. The summed E-state index contributed by atoms with van der Waals surface area (Å²) < 4.78 is 5.27. The molecule has 0 saturated carbocycles. The van der Waals surface area contributed by atoms with E-state index in [1.165, 1.54) is 77.4 Å².